The predicted octanol–water partition coefficient (Wildman–Crippen LogP) is 5.67. The lowest BCUT2D eigenvalue weighted by Crippen LogP contribution is -2.54. The lowest BCUT2D eigenvalue weighted by molar-refractivity contribution is -0.130. The molecule has 5 fully saturated rings. The number of hydrogen-bond acceptors (Lipinski definition) is 3. The van der Waals surface area contributed by atoms with Crippen LogP contribution in [0.15, 0.2) is 0 Å². The summed E-state index contributed by atoms with van der Waals surface area (Å²) in [7, 11) is 0. The van der Waals surface area contributed by atoms with Crippen molar-refractivity contribution >= 4 is 0 Å². The van der Waals surface area contributed by atoms with Crippen LogP contribution in [0.1, 0.15) is 92.4 Å². The van der Waals surface area contributed by atoms with E-state index in [1.54, 1.807) is 0 Å². The molecule has 0 bridgehead atoms. The van der Waals surface area contributed by atoms with Gasteiger partial charge in [0.05, 0.1) is 18.3 Å². The van der Waals surface area contributed by atoms with Gasteiger partial charge in [0.1, 0.15) is 0 Å². The zero-order valence-corrected chi connectivity index (χ0v) is 20.7. The second kappa shape index (κ2) is 7.98. The van der Waals surface area contributed by atoms with Crippen molar-refractivity contribution in [3.8, 4) is 0 Å². The Morgan fingerprint density at radius 3 is 2.45 bits per heavy atom. The maximum Gasteiger partial charge on any atom is 0.0633 e. The standard InChI is InChI=1S/C28H48O3/c1-16(15-29)12-17(2)26-18(3)25-24(31-26)14-23-21-7-6-19-13-20(30)8-10-27(19,4)22(21)9-11-28(23,25)5/h16-26,29-30H,6-15H2,1-5H3/t16-,17?,18-,19+,20-,21+,22-,23-,24?,25?,26+,27-,28-/m0/s1. The molecule has 5 rings (SSSR count). The van der Waals surface area contributed by atoms with Gasteiger partial charge in [-0.3, -0.25) is 0 Å². The van der Waals surface area contributed by atoms with Crippen molar-refractivity contribution in [3.05, 3.63) is 0 Å². The lowest BCUT2D eigenvalue weighted by Gasteiger charge is -2.61. The van der Waals surface area contributed by atoms with Gasteiger partial charge in [0.15, 0.2) is 0 Å². The number of fused-ring (bicyclic) bond motifs is 7. The first-order valence-electron chi connectivity index (χ1n) is 13.6. The Morgan fingerprint density at radius 1 is 0.968 bits per heavy atom. The molecule has 178 valence electrons. The van der Waals surface area contributed by atoms with Crippen LogP contribution in [-0.2, 0) is 4.74 Å². The molecule has 0 aromatic heterocycles. The minimum atomic E-state index is -0.0453. The highest BCUT2D eigenvalue weighted by molar-refractivity contribution is 5.14. The summed E-state index contributed by atoms with van der Waals surface area (Å²) in [6.45, 7) is 12.5. The normalized spacial score (nSPS) is 55.6. The third-order valence-corrected chi connectivity index (χ3v) is 11.8. The fraction of sp³-hybridized carbons (Fsp3) is 1.00. The van der Waals surface area contributed by atoms with Crippen LogP contribution in [0.3, 0.4) is 0 Å². The summed E-state index contributed by atoms with van der Waals surface area (Å²) in [6, 6.07) is 0. The smallest absolute Gasteiger partial charge is 0.0633 e. The van der Waals surface area contributed by atoms with E-state index in [0.29, 0.717) is 46.7 Å². The summed E-state index contributed by atoms with van der Waals surface area (Å²) in [5.41, 5.74) is 0.908. The van der Waals surface area contributed by atoms with E-state index in [2.05, 4.69) is 34.6 Å². The molecule has 4 saturated carbocycles. The molecule has 0 aromatic rings. The van der Waals surface area contributed by atoms with E-state index in [4.69, 9.17) is 4.74 Å². The van der Waals surface area contributed by atoms with Crippen LogP contribution in [0.25, 0.3) is 0 Å². The molecular formula is C28H48O3. The van der Waals surface area contributed by atoms with Crippen LogP contribution in [0.4, 0.5) is 0 Å². The number of hydrogen-bond donors (Lipinski definition) is 2. The molecule has 3 nitrogen and oxygen atoms in total. The molecule has 0 amide bonds. The predicted molar refractivity (Wildman–Crippen MR) is 124 cm³/mol. The number of aliphatic hydroxyl groups excluding tert-OH is 2. The maximum absolute atomic E-state index is 10.3. The van der Waals surface area contributed by atoms with Crippen molar-refractivity contribution in [2.24, 2.45) is 58.2 Å². The minimum Gasteiger partial charge on any atom is -0.396 e. The summed E-state index contributed by atoms with van der Waals surface area (Å²) in [5.74, 6) is 5.58. The van der Waals surface area contributed by atoms with Crippen molar-refractivity contribution < 1.29 is 14.9 Å². The van der Waals surface area contributed by atoms with Gasteiger partial charge in [-0.1, -0.05) is 34.6 Å². The van der Waals surface area contributed by atoms with E-state index >= 15 is 0 Å². The van der Waals surface area contributed by atoms with Crippen molar-refractivity contribution in [1.82, 2.24) is 0 Å². The van der Waals surface area contributed by atoms with Gasteiger partial charge in [-0.15, -0.1) is 0 Å². The van der Waals surface area contributed by atoms with Crippen molar-refractivity contribution in [2.45, 2.75) is 111 Å². The van der Waals surface area contributed by atoms with Crippen molar-refractivity contribution in [3.63, 3.8) is 0 Å². The summed E-state index contributed by atoms with van der Waals surface area (Å²) < 4.78 is 6.87. The van der Waals surface area contributed by atoms with Crippen LogP contribution in [0, 0.1) is 58.2 Å². The van der Waals surface area contributed by atoms with E-state index in [-0.39, 0.29) is 12.7 Å². The summed E-state index contributed by atoms with van der Waals surface area (Å²) >= 11 is 0. The molecule has 31 heavy (non-hydrogen) atoms. The van der Waals surface area contributed by atoms with Crippen LogP contribution >= 0.6 is 0 Å². The maximum atomic E-state index is 10.3. The molecule has 2 N–H and O–H groups in total. The Labute approximate surface area is 190 Å². The number of rotatable bonds is 4. The second-order valence-corrected chi connectivity index (χ2v) is 13.4. The van der Waals surface area contributed by atoms with E-state index in [1.807, 2.05) is 0 Å². The summed E-state index contributed by atoms with van der Waals surface area (Å²) in [4.78, 5) is 0. The molecule has 13 atom stereocenters. The van der Waals surface area contributed by atoms with Gasteiger partial charge in [-0.05, 0) is 116 Å². The van der Waals surface area contributed by atoms with Crippen LogP contribution in [0.2, 0.25) is 0 Å². The summed E-state index contributed by atoms with van der Waals surface area (Å²) in [5, 5.41) is 19.8. The Balaban J connectivity index is 1.34. The second-order valence-electron chi connectivity index (χ2n) is 13.4. The molecule has 0 aromatic carbocycles. The lowest BCUT2D eigenvalue weighted by atomic mass is 9.44. The first-order valence-corrected chi connectivity index (χ1v) is 13.6. The SMILES string of the molecule is CC(C[C@H](C)CO)[C@H]1OC2C[C@H]3[C@@H]4CC[C@@H]5C[C@@H](O)CC[C@]5(C)[C@H]4CC[C@]3(C)C2[C@@H]1C. The van der Waals surface area contributed by atoms with E-state index in [1.165, 1.54) is 38.5 Å². The van der Waals surface area contributed by atoms with Gasteiger partial charge in [0.25, 0.3) is 0 Å². The molecule has 1 heterocycles. The molecule has 3 unspecified atom stereocenters. The fourth-order valence-electron chi connectivity index (χ4n) is 10.4. The van der Waals surface area contributed by atoms with Gasteiger partial charge in [0, 0.05) is 6.61 Å². The highest BCUT2D eigenvalue weighted by atomic mass is 16.5. The average Bonchev–Trinajstić information content (AvgIpc) is 3.22. The molecule has 4 aliphatic carbocycles. The van der Waals surface area contributed by atoms with Gasteiger partial charge in [-0.2, -0.15) is 0 Å². The first kappa shape index (κ1) is 22.7. The monoisotopic (exact) mass is 432 g/mol. The van der Waals surface area contributed by atoms with Crippen LogP contribution in [-0.4, -0.2) is 35.1 Å². The zero-order valence-electron chi connectivity index (χ0n) is 20.7. The van der Waals surface area contributed by atoms with E-state index in [9.17, 15) is 10.2 Å². The number of ether oxygens (including phenoxy) is 1. The number of aliphatic hydroxyl groups is 2. The van der Waals surface area contributed by atoms with Gasteiger partial charge >= 0.3 is 0 Å². The topological polar surface area (TPSA) is 49.7 Å². The molecule has 1 aliphatic heterocycles. The molecule has 1 saturated heterocycles. The van der Waals surface area contributed by atoms with E-state index in [0.717, 1.165) is 42.9 Å². The minimum absolute atomic E-state index is 0.0453. The van der Waals surface area contributed by atoms with Crippen molar-refractivity contribution in [1.29, 1.82) is 0 Å². The van der Waals surface area contributed by atoms with Crippen LogP contribution in [0.5, 0.6) is 0 Å². The largest absolute Gasteiger partial charge is 0.396 e. The molecule has 0 radical (unpaired) electrons. The third-order valence-electron chi connectivity index (χ3n) is 11.8. The molecule has 0 spiro atoms. The Morgan fingerprint density at radius 2 is 1.71 bits per heavy atom. The average molecular weight is 433 g/mol. The molecule has 5 aliphatic rings. The zero-order chi connectivity index (χ0) is 22.1. The molecule has 3 heteroatoms. The quantitative estimate of drug-likeness (QED) is 0.601. The third kappa shape index (κ3) is 3.38. The Hall–Kier alpha value is -0.120. The molecular weight excluding hydrogens is 384 g/mol. The van der Waals surface area contributed by atoms with Crippen molar-refractivity contribution in [2.75, 3.05) is 6.61 Å². The Kier molecular flexibility index (Phi) is 5.83. The van der Waals surface area contributed by atoms with Crippen LogP contribution < -0.4 is 0 Å². The Bertz CT molecular complexity index is 665. The van der Waals surface area contributed by atoms with Gasteiger partial charge in [-0.25, -0.2) is 0 Å². The van der Waals surface area contributed by atoms with Gasteiger partial charge < -0.3 is 14.9 Å². The van der Waals surface area contributed by atoms with Gasteiger partial charge in [0.2, 0.25) is 0 Å². The highest BCUT2D eigenvalue weighted by Gasteiger charge is 2.66. The first-order chi connectivity index (χ1) is 14.7. The van der Waals surface area contributed by atoms with E-state index < -0.39 is 0 Å². The highest BCUT2D eigenvalue weighted by Crippen LogP contribution is 2.70. The fourth-order valence-corrected chi connectivity index (χ4v) is 10.4. The summed E-state index contributed by atoms with van der Waals surface area (Å²) in [6.07, 6.45) is 12.0.